The Bertz CT molecular complexity index is 514. The van der Waals surface area contributed by atoms with Gasteiger partial charge in [-0.15, -0.1) is 11.8 Å². The molecule has 2 nitrogen and oxygen atoms in total. The first kappa shape index (κ1) is 9.82. The van der Waals surface area contributed by atoms with Gasteiger partial charge in [-0.1, -0.05) is 18.2 Å². The second kappa shape index (κ2) is 4.20. The molecular formula is C13H12O2. The van der Waals surface area contributed by atoms with Gasteiger partial charge in [-0.25, -0.2) is 0 Å². The average Bonchev–Trinajstić information content (AvgIpc) is 2.69. The molecule has 0 spiro atoms. The Morgan fingerprint density at radius 2 is 2.20 bits per heavy atom. The molecule has 0 fully saturated rings. The number of rotatable bonds is 2. The quantitative estimate of drug-likeness (QED) is 0.756. The van der Waals surface area contributed by atoms with Crippen LogP contribution in [0.2, 0.25) is 0 Å². The Labute approximate surface area is 88.5 Å². The van der Waals surface area contributed by atoms with Crippen LogP contribution in [-0.4, -0.2) is 5.11 Å². The number of furan rings is 1. The fourth-order valence-electron chi connectivity index (χ4n) is 1.57. The summed E-state index contributed by atoms with van der Waals surface area (Å²) >= 11 is 0. The second-order valence-electron chi connectivity index (χ2n) is 3.33. The smallest absolute Gasteiger partial charge is 0.134 e. The topological polar surface area (TPSA) is 33.4 Å². The third-order valence-electron chi connectivity index (χ3n) is 2.34. The van der Waals surface area contributed by atoms with Crippen molar-refractivity contribution in [3.05, 3.63) is 36.1 Å². The average molecular weight is 200 g/mol. The van der Waals surface area contributed by atoms with Crippen LogP contribution in [0, 0.1) is 11.8 Å². The number of hydrogen-bond donors (Lipinski definition) is 1. The molecule has 1 aromatic heterocycles. The Kier molecular flexibility index (Phi) is 2.75. The van der Waals surface area contributed by atoms with E-state index in [4.69, 9.17) is 4.42 Å². The Morgan fingerprint density at radius 3 is 3.00 bits per heavy atom. The van der Waals surface area contributed by atoms with Crippen molar-refractivity contribution in [2.24, 2.45) is 0 Å². The molecule has 0 aliphatic heterocycles. The van der Waals surface area contributed by atoms with E-state index in [1.165, 1.54) is 0 Å². The summed E-state index contributed by atoms with van der Waals surface area (Å²) in [5.74, 6) is 5.63. The molecule has 15 heavy (non-hydrogen) atoms. The van der Waals surface area contributed by atoms with Crippen molar-refractivity contribution in [1.82, 2.24) is 0 Å². The van der Waals surface area contributed by atoms with E-state index >= 15 is 0 Å². The van der Waals surface area contributed by atoms with Crippen LogP contribution in [0.15, 0.2) is 34.9 Å². The summed E-state index contributed by atoms with van der Waals surface area (Å²) in [6.07, 6.45) is 1.48. The fraction of sp³-hybridized carbons (Fsp3) is 0.231. The summed E-state index contributed by atoms with van der Waals surface area (Å²) in [5, 5.41) is 10.8. The highest BCUT2D eigenvalue weighted by atomic mass is 16.3. The molecule has 0 aliphatic rings. The van der Waals surface area contributed by atoms with Crippen molar-refractivity contribution in [1.29, 1.82) is 0 Å². The molecule has 0 amide bonds. The molecule has 1 heterocycles. The lowest BCUT2D eigenvalue weighted by Crippen LogP contribution is -1.93. The van der Waals surface area contributed by atoms with Crippen LogP contribution in [0.5, 0.6) is 0 Å². The predicted molar refractivity (Wildman–Crippen MR) is 59.2 cm³/mol. The molecule has 0 saturated carbocycles. The maximum atomic E-state index is 9.88. The molecule has 1 N–H and O–H groups in total. The highest BCUT2D eigenvalue weighted by Crippen LogP contribution is 2.27. The summed E-state index contributed by atoms with van der Waals surface area (Å²) in [5.41, 5.74) is 1.62. The molecule has 0 saturated heterocycles. The highest BCUT2D eigenvalue weighted by molar-refractivity contribution is 5.81. The van der Waals surface area contributed by atoms with E-state index in [2.05, 4.69) is 11.8 Å². The summed E-state index contributed by atoms with van der Waals surface area (Å²) in [7, 11) is 0. The summed E-state index contributed by atoms with van der Waals surface area (Å²) in [6.45, 7) is 1.76. The van der Waals surface area contributed by atoms with E-state index in [1.807, 2.05) is 24.3 Å². The molecule has 2 aromatic rings. The molecule has 1 atom stereocenters. The molecule has 76 valence electrons. The third kappa shape index (κ3) is 1.88. The highest BCUT2D eigenvalue weighted by Gasteiger charge is 2.12. The van der Waals surface area contributed by atoms with Gasteiger partial charge in [0.1, 0.15) is 5.58 Å². The largest absolute Gasteiger partial charge is 0.464 e. The van der Waals surface area contributed by atoms with Crippen molar-refractivity contribution in [2.45, 2.75) is 19.4 Å². The lowest BCUT2D eigenvalue weighted by atomic mass is 10.1. The Hall–Kier alpha value is -1.72. The van der Waals surface area contributed by atoms with Crippen molar-refractivity contribution in [3.63, 3.8) is 0 Å². The van der Waals surface area contributed by atoms with Crippen molar-refractivity contribution in [3.8, 4) is 11.8 Å². The number of hydrogen-bond acceptors (Lipinski definition) is 2. The van der Waals surface area contributed by atoms with Crippen LogP contribution < -0.4 is 0 Å². The van der Waals surface area contributed by atoms with Gasteiger partial charge in [0.25, 0.3) is 0 Å². The zero-order chi connectivity index (χ0) is 10.7. The minimum Gasteiger partial charge on any atom is -0.464 e. The second-order valence-corrected chi connectivity index (χ2v) is 3.33. The molecule has 0 radical (unpaired) electrons. The zero-order valence-corrected chi connectivity index (χ0v) is 8.53. The van der Waals surface area contributed by atoms with E-state index in [9.17, 15) is 5.11 Å². The molecule has 0 bridgehead atoms. The molecule has 2 heteroatoms. The van der Waals surface area contributed by atoms with Gasteiger partial charge in [-0.2, -0.15) is 0 Å². The van der Waals surface area contributed by atoms with Gasteiger partial charge in [0.05, 0.1) is 12.4 Å². The van der Waals surface area contributed by atoms with Crippen LogP contribution in [0.1, 0.15) is 25.0 Å². The maximum Gasteiger partial charge on any atom is 0.134 e. The Balaban J connectivity index is 2.37. The van der Waals surface area contributed by atoms with Gasteiger partial charge < -0.3 is 9.52 Å². The molecular weight excluding hydrogens is 188 g/mol. The van der Waals surface area contributed by atoms with Crippen LogP contribution in [0.3, 0.4) is 0 Å². The van der Waals surface area contributed by atoms with E-state index in [0.717, 1.165) is 16.5 Å². The van der Waals surface area contributed by atoms with Gasteiger partial charge in [-0.05, 0) is 13.0 Å². The van der Waals surface area contributed by atoms with Gasteiger partial charge >= 0.3 is 0 Å². The van der Waals surface area contributed by atoms with Gasteiger partial charge in [0, 0.05) is 17.4 Å². The number of fused-ring (bicyclic) bond motifs is 1. The van der Waals surface area contributed by atoms with Crippen LogP contribution >= 0.6 is 0 Å². The van der Waals surface area contributed by atoms with Crippen molar-refractivity contribution in [2.75, 3.05) is 0 Å². The first-order valence-electron chi connectivity index (χ1n) is 4.86. The van der Waals surface area contributed by atoms with E-state index in [0.29, 0.717) is 6.42 Å². The van der Waals surface area contributed by atoms with Gasteiger partial charge in [0.15, 0.2) is 0 Å². The zero-order valence-electron chi connectivity index (χ0n) is 8.53. The van der Waals surface area contributed by atoms with Crippen LogP contribution in [0.4, 0.5) is 0 Å². The fourth-order valence-corrected chi connectivity index (χ4v) is 1.57. The molecule has 1 aromatic carbocycles. The van der Waals surface area contributed by atoms with Gasteiger partial charge in [0.2, 0.25) is 0 Å². The lowest BCUT2D eigenvalue weighted by molar-refractivity contribution is 0.184. The van der Waals surface area contributed by atoms with Crippen molar-refractivity contribution < 1.29 is 9.52 Å². The first-order valence-corrected chi connectivity index (χ1v) is 4.86. The van der Waals surface area contributed by atoms with Crippen LogP contribution in [0.25, 0.3) is 11.0 Å². The third-order valence-corrected chi connectivity index (χ3v) is 2.34. The van der Waals surface area contributed by atoms with Gasteiger partial charge in [-0.3, -0.25) is 0 Å². The van der Waals surface area contributed by atoms with E-state index in [1.54, 1.807) is 13.2 Å². The van der Waals surface area contributed by atoms with Crippen molar-refractivity contribution >= 4 is 11.0 Å². The number of aliphatic hydroxyl groups is 1. The number of para-hydroxylation sites is 1. The monoisotopic (exact) mass is 200 g/mol. The summed E-state index contributed by atoms with van der Waals surface area (Å²) < 4.78 is 5.34. The summed E-state index contributed by atoms with van der Waals surface area (Å²) in [6, 6.07) is 7.67. The first-order chi connectivity index (χ1) is 7.33. The maximum absolute atomic E-state index is 9.88. The number of aliphatic hydroxyl groups excluding tert-OH is 1. The molecule has 1 unspecified atom stereocenters. The predicted octanol–water partition coefficient (Wildman–Crippen LogP) is 2.88. The minimum atomic E-state index is -0.568. The van der Waals surface area contributed by atoms with E-state index in [-0.39, 0.29) is 0 Å². The lowest BCUT2D eigenvalue weighted by Gasteiger charge is -2.03. The Morgan fingerprint density at radius 1 is 1.40 bits per heavy atom. The standard InChI is InChI=1S/C13H12O2/c1-2-3-7-12(14)11-9-15-13-8-5-4-6-10(11)13/h4-6,8-9,12,14H,7H2,1H3. The number of benzene rings is 1. The SMILES string of the molecule is CC#CCC(O)c1coc2ccccc12. The minimum absolute atomic E-state index is 0.444. The van der Waals surface area contributed by atoms with Crippen LogP contribution in [-0.2, 0) is 0 Å². The normalized spacial score (nSPS) is 12.1. The molecule has 0 aliphatic carbocycles. The summed E-state index contributed by atoms with van der Waals surface area (Å²) in [4.78, 5) is 0. The molecule has 2 rings (SSSR count). The van der Waals surface area contributed by atoms with E-state index < -0.39 is 6.10 Å².